The monoisotopic (exact) mass is 317 g/mol. The van der Waals surface area contributed by atoms with Gasteiger partial charge in [-0.3, -0.25) is 9.48 Å². The molecule has 0 atom stereocenters. The fourth-order valence-electron chi connectivity index (χ4n) is 2.47. The highest BCUT2D eigenvalue weighted by molar-refractivity contribution is 7.98. The Bertz CT molecular complexity index is 637. The Balaban J connectivity index is 2.14. The molecule has 0 aliphatic heterocycles. The first-order valence-electron chi connectivity index (χ1n) is 7.55. The van der Waals surface area contributed by atoms with E-state index in [9.17, 15) is 4.79 Å². The average Bonchev–Trinajstić information content (AvgIpc) is 2.92. The van der Waals surface area contributed by atoms with E-state index in [0.717, 1.165) is 36.3 Å². The summed E-state index contributed by atoms with van der Waals surface area (Å²) in [6.45, 7) is 2.83. The topological polar surface area (TPSA) is 46.9 Å². The molecule has 1 aromatic carbocycles. The number of hydrogen-bond donors (Lipinski definition) is 1. The van der Waals surface area contributed by atoms with Crippen LogP contribution in [0.15, 0.2) is 30.5 Å². The van der Waals surface area contributed by atoms with Crippen LogP contribution in [0.4, 0.5) is 0 Å². The van der Waals surface area contributed by atoms with Crippen molar-refractivity contribution in [2.75, 3.05) is 18.6 Å². The normalized spacial score (nSPS) is 10.7. The summed E-state index contributed by atoms with van der Waals surface area (Å²) in [5.74, 6) is 1.06. The van der Waals surface area contributed by atoms with Crippen LogP contribution >= 0.6 is 11.8 Å². The number of amides is 1. The summed E-state index contributed by atoms with van der Waals surface area (Å²) < 4.78 is 1.89. The summed E-state index contributed by atoms with van der Waals surface area (Å²) in [6, 6.07) is 7.76. The Morgan fingerprint density at radius 1 is 1.41 bits per heavy atom. The molecule has 0 spiro atoms. The van der Waals surface area contributed by atoms with Crippen molar-refractivity contribution < 1.29 is 4.79 Å². The molecule has 0 radical (unpaired) electrons. The molecule has 1 aromatic heterocycles. The lowest BCUT2D eigenvalue weighted by molar-refractivity contribution is 0.0954. The van der Waals surface area contributed by atoms with E-state index in [0.29, 0.717) is 5.56 Å². The van der Waals surface area contributed by atoms with Gasteiger partial charge in [-0.05, 0) is 42.5 Å². The van der Waals surface area contributed by atoms with Gasteiger partial charge in [0.05, 0.1) is 6.20 Å². The van der Waals surface area contributed by atoms with E-state index >= 15 is 0 Å². The third-order valence-corrected chi connectivity index (χ3v) is 4.34. The molecule has 5 heteroatoms. The second kappa shape index (κ2) is 8.03. The van der Waals surface area contributed by atoms with Crippen molar-refractivity contribution in [2.45, 2.75) is 19.8 Å². The largest absolute Gasteiger partial charge is 0.352 e. The summed E-state index contributed by atoms with van der Waals surface area (Å²) in [7, 11) is 1.95. The zero-order valence-electron chi connectivity index (χ0n) is 13.4. The maximum absolute atomic E-state index is 12.2. The van der Waals surface area contributed by atoms with Crippen molar-refractivity contribution >= 4 is 17.7 Å². The van der Waals surface area contributed by atoms with Gasteiger partial charge < -0.3 is 5.32 Å². The first-order chi connectivity index (χ1) is 10.7. The number of hydrogen-bond acceptors (Lipinski definition) is 3. The van der Waals surface area contributed by atoms with E-state index in [-0.39, 0.29) is 5.91 Å². The lowest BCUT2D eigenvalue weighted by atomic mass is 10.0. The van der Waals surface area contributed by atoms with Crippen molar-refractivity contribution in [1.29, 1.82) is 0 Å². The van der Waals surface area contributed by atoms with E-state index in [4.69, 9.17) is 0 Å². The summed E-state index contributed by atoms with van der Waals surface area (Å²) in [4.78, 5) is 12.2. The minimum Gasteiger partial charge on any atom is -0.352 e. The number of carbonyl (C=O) groups is 1. The van der Waals surface area contributed by atoms with E-state index in [1.54, 1.807) is 11.8 Å². The number of rotatable bonds is 7. The molecule has 1 heterocycles. The van der Waals surface area contributed by atoms with Crippen LogP contribution in [0.5, 0.6) is 0 Å². The quantitative estimate of drug-likeness (QED) is 0.798. The minimum absolute atomic E-state index is 0.00936. The molecular weight excluding hydrogens is 294 g/mol. The molecule has 0 saturated carbocycles. The average molecular weight is 317 g/mol. The SMILES string of the molecule is CCc1c(-c2cccc(C(=O)NCCCSC)c2)cnn1C. The molecule has 0 aliphatic carbocycles. The van der Waals surface area contributed by atoms with Gasteiger partial charge in [-0.25, -0.2) is 0 Å². The fourth-order valence-corrected chi connectivity index (χ4v) is 2.90. The van der Waals surface area contributed by atoms with Crippen LogP contribution < -0.4 is 5.32 Å². The van der Waals surface area contributed by atoms with E-state index in [2.05, 4.69) is 23.6 Å². The molecule has 118 valence electrons. The third kappa shape index (κ3) is 3.91. The number of benzene rings is 1. The van der Waals surface area contributed by atoms with Crippen LogP contribution in [0, 0.1) is 0 Å². The van der Waals surface area contributed by atoms with Crippen molar-refractivity contribution in [3.63, 3.8) is 0 Å². The number of nitrogens with zero attached hydrogens (tertiary/aromatic N) is 2. The lowest BCUT2D eigenvalue weighted by Gasteiger charge is -2.07. The van der Waals surface area contributed by atoms with Gasteiger partial charge >= 0.3 is 0 Å². The molecule has 0 fully saturated rings. The van der Waals surface area contributed by atoms with Crippen LogP contribution in [-0.2, 0) is 13.5 Å². The predicted octanol–water partition coefficient (Wildman–Crippen LogP) is 3.13. The number of carbonyl (C=O) groups excluding carboxylic acids is 1. The van der Waals surface area contributed by atoms with Gasteiger partial charge in [-0.2, -0.15) is 16.9 Å². The molecule has 2 aromatic rings. The summed E-state index contributed by atoms with van der Waals surface area (Å²) in [5.41, 5.74) is 4.02. The van der Waals surface area contributed by atoms with Crippen LogP contribution in [0.2, 0.25) is 0 Å². The number of aryl methyl sites for hydroxylation is 1. The fraction of sp³-hybridized carbons (Fsp3) is 0.412. The highest BCUT2D eigenvalue weighted by Crippen LogP contribution is 2.24. The Morgan fingerprint density at radius 2 is 2.23 bits per heavy atom. The zero-order valence-corrected chi connectivity index (χ0v) is 14.2. The molecule has 1 N–H and O–H groups in total. The molecular formula is C17H23N3OS. The molecule has 0 unspecified atom stereocenters. The molecule has 22 heavy (non-hydrogen) atoms. The smallest absolute Gasteiger partial charge is 0.251 e. The Kier molecular flexibility index (Phi) is 6.07. The van der Waals surface area contributed by atoms with Gasteiger partial charge in [0.15, 0.2) is 0 Å². The molecule has 0 saturated heterocycles. The standard InChI is InChI=1S/C17H23N3OS/c1-4-16-15(12-19-20(16)2)13-7-5-8-14(11-13)17(21)18-9-6-10-22-3/h5,7-8,11-12H,4,6,9-10H2,1-3H3,(H,18,21). The Hall–Kier alpha value is -1.75. The van der Waals surface area contributed by atoms with Gasteiger partial charge in [0.2, 0.25) is 0 Å². The molecule has 4 nitrogen and oxygen atoms in total. The number of aromatic nitrogens is 2. The van der Waals surface area contributed by atoms with Gasteiger partial charge in [0.25, 0.3) is 5.91 Å². The maximum Gasteiger partial charge on any atom is 0.251 e. The van der Waals surface area contributed by atoms with Crippen LogP contribution in [-0.4, -0.2) is 34.2 Å². The van der Waals surface area contributed by atoms with Gasteiger partial charge in [0, 0.05) is 30.4 Å². The van der Waals surface area contributed by atoms with Crippen molar-refractivity contribution in [2.24, 2.45) is 7.05 Å². The van der Waals surface area contributed by atoms with Crippen molar-refractivity contribution in [3.8, 4) is 11.1 Å². The molecule has 2 rings (SSSR count). The first-order valence-corrected chi connectivity index (χ1v) is 8.95. The van der Waals surface area contributed by atoms with Crippen LogP contribution in [0.25, 0.3) is 11.1 Å². The van der Waals surface area contributed by atoms with E-state index in [1.807, 2.05) is 42.2 Å². The number of thioether (sulfide) groups is 1. The summed E-state index contributed by atoms with van der Waals surface area (Å²) >= 11 is 1.79. The highest BCUT2D eigenvalue weighted by atomic mass is 32.2. The molecule has 0 bridgehead atoms. The van der Waals surface area contributed by atoms with Crippen LogP contribution in [0.3, 0.4) is 0 Å². The highest BCUT2D eigenvalue weighted by Gasteiger charge is 2.11. The maximum atomic E-state index is 12.2. The summed E-state index contributed by atoms with van der Waals surface area (Å²) in [6.07, 6.45) is 5.85. The molecule has 1 amide bonds. The number of nitrogens with one attached hydrogen (secondary N) is 1. The summed E-state index contributed by atoms with van der Waals surface area (Å²) in [5, 5.41) is 7.30. The van der Waals surface area contributed by atoms with E-state index in [1.165, 1.54) is 5.69 Å². The van der Waals surface area contributed by atoms with Crippen molar-refractivity contribution in [3.05, 3.63) is 41.7 Å². The van der Waals surface area contributed by atoms with Crippen molar-refractivity contribution in [1.82, 2.24) is 15.1 Å². The minimum atomic E-state index is -0.00936. The van der Waals surface area contributed by atoms with E-state index < -0.39 is 0 Å². The predicted molar refractivity (Wildman–Crippen MR) is 93.4 cm³/mol. The second-order valence-corrected chi connectivity index (χ2v) is 6.15. The van der Waals surface area contributed by atoms with Gasteiger partial charge in [0.1, 0.15) is 0 Å². The van der Waals surface area contributed by atoms with Gasteiger partial charge in [-0.15, -0.1) is 0 Å². The third-order valence-electron chi connectivity index (χ3n) is 3.64. The van der Waals surface area contributed by atoms with Gasteiger partial charge in [-0.1, -0.05) is 19.1 Å². The Labute approximate surface area is 136 Å². The first kappa shape index (κ1) is 16.6. The zero-order chi connectivity index (χ0) is 15.9. The second-order valence-electron chi connectivity index (χ2n) is 5.17. The molecule has 0 aliphatic rings. The van der Waals surface area contributed by atoms with Crippen LogP contribution in [0.1, 0.15) is 29.4 Å². The lowest BCUT2D eigenvalue weighted by Crippen LogP contribution is -2.24. The Morgan fingerprint density at radius 3 is 2.95 bits per heavy atom.